The maximum atomic E-state index is 11.4. The van der Waals surface area contributed by atoms with Crippen molar-refractivity contribution in [3.63, 3.8) is 0 Å². The number of rotatable bonds is 5. The molecule has 0 radical (unpaired) electrons. The molecule has 2 aliphatic rings. The first-order chi connectivity index (χ1) is 9.75. The normalized spacial score (nSPS) is 24.9. The topological polar surface area (TPSA) is 49.8 Å². The fraction of sp³-hybridized carbons (Fsp3) is 0.562. The molecule has 0 bridgehead atoms. The Balaban J connectivity index is 1.64. The zero-order chi connectivity index (χ0) is 13.9. The van der Waals surface area contributed by atoms with Crippen LogP contribution in [0.1, 0.15) is 31.2 Å². The van der Waals surface area contributed by atoms with E-state index in [1.807, 2.05) is 29.2 Å². The second-order valence-electron chi connectivity index (χ2n) is 5.66. The highest BCUT2D eigenvalue weighted by Gasteiger charge is 2.33. The van der Waals surface area contributed by atoms with E-state index in [9.17, 15) is 9.90 Å². The fourth-order valence-corrected chi connectivity index (χ4v) is 3.31. The van der Waals surface area contributed by atoms with Gasteiger partial charge in [-0.25, -0.2) is 4.79 Å². The zero-order valence-electron chi connectivity index (χ0n) is 11.6. The number of para-hydroxylation sites is 1. The summed E-state index contributed by atoms with van der Waals surface area (Å²) in [5.74, 6) is -0.724. The number of ether oxygens (including phenoxy) is 1. The molecule has 3 rings (SSSR count). The molecular formula is C16H21NO3. The van der Waals surface area contributed by atoms with Gasteiger partial charge in [-0.3, -0.25) is 0 Å². The molecule has 4 heteroatoms. The summed E-state index contributed by atoms with van der Waals surface area (Å²) < 4.78 is 5.63. The van der Waals surface area contributed by atoms with E-state index in [-0.39, 0.29) is 0 Å². The molecule has 0 aliphatic carbocycles. The van der Waals surface area contributed by atoms with Gasteiger partial charge in [-0.2, -0.15) is 0 Å². The van der Waals surface area contributed by atoms with Crippen LogP contribution in [0.4, 0.5) is 5.69 Å². The average Bonchev–Trinajstić information content (AvgIpc) is 3.07. The van der Waals surface area contributed by atoms with Gasteiger partial charge in [0, 0.05) is 25.3 Å². The van der Waals surface area contributed by atoms with Crippen LogP contribution in [0.2, 0.25) is 0 Å². The van der Waals surface area contributed by atoms with Crippen molar-refractivity contribution in [2.75, 3.05) is 18.1 Å². The van der Waals surface area contributed by atoms with Crippen molar-refractivity contribution in [2.45, 2.75) is 44.2 Å². The van der Waals surface area contributed by atoms with Crippen molar-refractivity contribution >= 4 is 11.7 Å². The Kier molecular flexibility index (Phi) is 3.92. The Morgan fingerprint density at radius 1 is 1.40 bits per heavy atom. The van der Waals surface area contributed by atoms with Crippen LogP contribution in [0.15, 0.2) is 24.3 Å². The SMILES string of the molecule is O=C(O)C1Cc2ccccc2N1CCCC1CCCO1. The van der Waals surface area contributed by atoms with Gasteiger partial charge in [0.1, 0.15) is 6.04 Å². The first kappa shape index (κ1) is 13.4. The summed E-state index contributed by atoms with van der Waals surface area (Å²) in [6, 6.07) is 7.62. The summed E-state index contributed by atoms with van der Waals surface area (Å²) in [5, 5.41) is 9.40. The van der Waals surface area contributed by atoms with Crippen molar-refractivity contribution in [1.82, 2.24) is 0 Å². The fourth-order valence-electron chi connectivity index (χ4n) is 3.31. The molecule has 1 aromatic carbocycles. The van der Waals surface area contributed by atoms with Crippen molar-refractivity contribution in [3.8, 4) is 0 Å². The van der Waals surface area contributed by atoms with E-state index in [1.54, 1.807) is 0 Å². The van der Waals surface area contributed by atoms with E-state index in [0.717, 1.165) is 50.1 Å². The lowest BCUT2D eigenvalue weighted by molar-refractivity contribution is -0.138. The Morgan fingerprint density at radius 2 is 2.25 bits per heavy atom. The van der Waals surface area contributed by atoms with E-state index < -0.39 is 12.0 Å². The average molecular weight is 275 g/mol. The number of hydrogen-bond donors (Lipinski definition) is 1. The van der Waals surface area contributed by atoms with Gasteiger partial charge in [-0.15, -0.1) is 0 Å². The summed E-state index contributed by atoms with van der Waals surface area (Å²) >= 11 is 0. The first-order valence-corrected chi connectivity index (χ1v) is 7.44. The molecule has 1 aromatic rings. The highest BCUT2D eigenvalue weighted by atomic mass is 16.5. The predicted molar refractivity (Wildman–Crippen MR) is 77.1 cm³/mol. The maximum Gasteiger partial charge on any atom is 0.326 e. The lowest BCUT2D eigenvalue weighted by atomic mass is 10.1. The first-order valence-electron chi connectivity index (χ1n) is 7.44. The minimum absolute atomic E-state index is 0.385. The molecule has 4 nitrogen and oxygen atoms in total. The van der Waals surface area contributed by atoms with Crippen LogP contribution < -0.4 is 4.90 Å². The number of hydrogen-bond acceptors (Lipinski definition) is 3. The minimum atomic E-state index is -0.724. The van der Waals surface area contributed by atoms with Crippen LogP contribution in [-0.2, 0) is 16.0 Å². The van der Waals surface area contributed by atoms with Crippen LogP contribution >= 0.6 is 0 Å². The molecule has 1 saturated heterocycles. The van der Waals surface area contributed by atoms with Crippen molar-refractivity contribution in [1.29, 1.82) is 0 Å². The molecular weight excluding hydrogens is 254 g/mol. The third-order valence-corrected chi connectivity index (χ3v) is 4.32. The molecule has 0 saturated carbocycles. The Hall–Kier alpha value is -1.55. The van der Waals surface area contributed by atoms with Gasteiger partial charge in [-0.1, -0.05) is 18.2 Å². The summed E-state index contributed by atoms with van der Waals surface area (Å²) in [5.41, 5.74) is 2.24. The molecule has 1 N–H and O–H groups in total. The predicted octanol–water partition coefficient (Wildman–Crippen LogP) is 2.46. The molecule has 1 fully saturated rings. The van der Waals surface area contributed by atoms with Crippen LogP contribution in [0, 0.1) is 0 Å². The van der Waals surface area contributed by atoms with Gasteiger partial charge in [0.2, 0.25) is 0 Å². The minimum Gasteiger partial charge on any atom is -0.480 e. The van der Waals surface area contributed by atoms with E-state index in [1.165, 1.54) is 0 Å². The monoisotopic (exact) mass is 275 g/mol. The maximum absolute atomic E-state index is 11.4. The second kappa shape index (κ2) is 5.83. The Morgan fingerprint density at radius 3 is 3.00 bits per heavy atom. The van der Waals surface area contributed by atoms with Crippen molar-refractivity contribution in [3.05, 3.63) is 29.8 Å². The molecule has 108 valence electrons. The second-order valence-corrected chi connectivity index (χ2v) is 5.66. The molecule has 2 unspecified atom stereocenters. The van der Waals surface area contributed by atoms with Gasteiger partial charge >= 0.3 is 5.97 Å². The van der Waals surface area contributed by atoms with Gasteiger partial charge in [0.05, 0.1) is 6.10 Å². The third-order valence-electron chi connectivity index (χ3n) is 4.32. The van der Waals surface area contributed by atoms with E-state index in [2.05, 4.69) is 0 Å². The molecule has 0 aromatic heterocycles. The number of carbonyl (C=O) groups is 1. The Labute approximate surface area is 119 Å². The van der Waals surface area contributed by atoms with Gasteiger partial charge in [0.25, 0.3) is 0 Å². The van der Waals surface area contributed by atoms with Gasteiger partial charge < -0.3 is 14.7 Å². The molecule has 2 heterocycles. The molecule has 0 amide bonds. The van der Waals surface area contributed by atoms with E-state index >= 15 is 0 Å². The van der Waals surface area contributed by atoms with Gasteiger partial charge in [0.15, 0.2) is 0 Å². The molecule has 2 atom stereocenters. The van der Waals surface area contributed by atoms with Crippen LogP contribution in [-0.4, -0.2) is 36.4 Å². The number of aliphatic carboxylic acids is 1. The van der Waals surface area contributed by atoms with Crippen molar-refractivity contribution < 1.29 is 14.6 Å². The number of benzene rings is 1. The van der Waals surface area contributed by atoms with E-state index in [4.69, 9.17) is 4.74 Å². The number of nitrogens with zero attached hydrogens (tertiary/aromatic N) is 1. The van der Waals surface area contributed by atoms with Crippen LogP contribution in [0.3, 0.4) is 0 Å². The summed E-state index contributed by atoms with van der Waals surface area (Å²) in [6.45, 7) is 1.68. The third kappa shape index (κ3) is 2.66. The van der Waals surface area contributed by atoms with E-state index in [0.29, 0.717) is 12.5 Å². The number of carboxylic acids is 1. The van der Waals surface area contributed by atoms with Crippen LogP contribution in [0.25, 0.3) is 0 Å². The lowest BCUT2D eigenvalue weighted by Gasteiger charge is -2.25. The number of carboxylic acid groups (broad SMARTS) is 1. The molecule has 0 spiro atoms. The highest BCUT2D eigenvalue weighted by Crippen LogP contribution is 2.32. The summed E-state index contributed by atoms with van der Waals surface area (Å²) in [7, 11) is 0. The smallest absolute Gasteiger partial charge is 0.326 e. The zero-order valence-corrected chi connectivity index (χ0v) is 11.6. The Bertz CT molecular complexity index is 482. The number of anilines is 1. The largest absolute Gasteiger partial charge is 0.480 e. The number of fused-ring (bicyclic) bond motifs is 1. The summed E-state index contributed by atoms with van der Waals surface area (Å²) in [4.78, 5) is 13.5. The highest BCUT2D eigenvalue weighted by molar-refractivity contribution is 5.82. The standard InChI is InChI=1S/C16H21NO3/c18-16(19)15-11-12-5-1-2-8-14(12)17(15)9-3-6-13-7-4-10-20-13/h1-2,5,8,13,15H,3-4,6-7,9-11H2,(H,18,19). The lowest BCUT2D eigenvalue weighted by Crippen LogP contribution is -2.39. The quantitative estimate of drug-likeness (QED) is 0.897. The summed E-state index contributed by atoms with van der Waals surface area (Å²) in [6.07, 6.45) is 5.34. The molecule has 20 heavy (non-hydrogen) atoms. The van der Waals surface area contributed by atoms with Gasteiger partial charge in [-0.05, 0) is 37.3 Å². The van der Waals surface area contributed by atoms with Crippen molar-refractivity contribution in [2.24, 2.45) is 0 Å². The molecule has 2 aliphatic heterocycles. The van der Waals surface area contributed by atoms with Crippen LogP contribution in [0.5, 0.6) is 0 Å².